The maximum atomic E-state index is 6.74. The number of fused-ring (bicyclic) bond motifs is 10. The van der Waals surface area contributed by atoms with Crippen molar-refractivity contribution in [3.8, 4) is 33.6 Å². The van der Waals surface area contributed by atoms with Gasteiger partial charge in [-0.25, -0.2) is 0 Å². The fourth-order valence-corrected chi connectivity index (χ4v) is 10.6. The van der Waals surface area contributed by atoms with Gasteiger partial charge < -0.3 is 14.9 Å². The van der Waals surface area contributed by atoms with E-state index < -0.39 is 0 Å². The fraction of sp³-hybridized carbons (Fsp3) is 0.0645. The molecular formula is C62H47N3. The third-order valence-electron chi connectivity index (χ3n) is 13.7. The lowest BCUT2D eigenvalue weighted by Crippen LogP contribution is -2.15. The number of nitrogens with zero attached hydrogens (tertiary/aromatic N) is 2. The molecule has 2 N–H and O–H groups in total. The monoisotopic (exact) mass is 833 g/mol. The molecule has 310 valence electrons. The maximum absolute atomic E-state index is 6.74. The van der Waals surface area contributed by atoms with Crippen LogP contribution in [-0.2, 0) is 11.8 Å². The van der Waals surface area contributed by atoms with E-state index in [2.05, 4.69) is 229 Å². The molecule has 65 heavy (non-hydrogen) atoms. The Labute approximate surface area is 379 Å². The van der Waals surface area contributed by atoms with Crippen LogP contribution in [0.25, 0.3) is 88.5 Å². The van der Waals surface area contributed by atoms with Crippen LogP contribution in [0.3, 0.4) is 0 Å². The van der Waals surface area contributed by atoms with E-state index in [1.807, 2.05) is 18.2 Å². The molecule has 11 aromatic rings. The highest BCUT2D eigenvalue weighted by atomic mass is 15.0. The van der Waals surface area contributed by atoms with Gasteiger partial charge in [-0.05, 0) is 117 Å². The zero-order valence-corrected chi connectivity index (χ0v) is 36.5. The SMILES string of the molecule is CC1(C)c2ccccc2-c2c1cc(-c1ccc3c(c1)c1ccccc1n3-c1ccccc1)c1c3ccccc3n(-c3cccc(C/C=C(\C=C(/N)c4ccccc4)c4ccccc4)c3)c21. The minimum atomic E-state index is -0.209. The first-order valence-corrected chi connectivity index (χ1v) is 22.6. The van der Waals surface area contributed by atoms with Crippen molar-refractivity contribution in [1.29, 1.82) is 0 Å². The van der Waals surface area contributed by atoms with Crippen LogP contribution < -0.4 is 5.73 Å². The zero-order chi connectivity index (χ0) is 43.6. The molecule has 0 bridgehead atoms. The first-order chi connectivity index (χ1) is 31.9. The minimum absolute atomic E-state index is 0.209. The normalized spacial score (nSPS) is 13.5. The van der Waals surface area contributed by atoms with Crippen molar-refractivity contribution in [2.75, 3.05) is 0 Å². The molecule has 1 aliphatic carbocycles. The quantitative estimate of drug-likeness (QED) is 0.152. The molecule has 2 heterocycles. The van der Waals surface area contributed by atoms with Crippen molar-refractivity contribution in [2.24, 2.45) is 5.73 Å². The lowest BCUT2D eigenvalue weighted by molar-refractivity contribution is 0.661. The molecule has 0 atom stereocenters. The Kier molecular flexibility index (Phi) is 9.06. The van der Waals surface area contributed by atoms with Gasteiger partial charge in [0.1, 0.15) is 0 Å². The topological polar surface area (TPSA) is 35.9 Å². The van der Waals surface area contributed by atoms with Gasteiger partial charge in [-0.15, -0.1) is 0 Å². The summed E-state index contributed by atoms with van der Waals surface area (Å²) in [5.41, 5.74) is 26.7. The summed E-state index contributed by atoms with van der Waals surface area (Å²) < 4.78 is 4.95. The van der Waals surface area contributed by atoms with Gasteiger partial charge in [0, 0.05) is 49.6 Å². The molecular weight excluding hydrogens is 787 g/mol. The molecule has 0 saturated carbocycles. The summed E-state index contributed by atoms with van der Waals surface area (Å²) in [6.07, 6.45) is 5.17. The summed E-state index contributed by atoms with van der Waals surface area (Å²) in [5, 5.41) is 5.02. The molecule has 0 saturated heterocycles. The number of allylic oxidation sites excluding steroid dienone is 3. The number of hydrogen-bond acceptors (Lipinski definition) is 1. The van der Waals surface area contributed by atoms with Crippen LogP contribution in [0.2, 0.25) is 0 Å². The number of hydrogen-bond donors (Lipinski definition) is 1. The van der Waals surface area contributed by atoms with Gasteiger partial charge in [0.25, 0.3) is 0 Å². The van der Waals surface area contributed by atoms with Crippen LogP contribution in [0.5, 0.6) is 0 Å². The summed E-state index contributed by atoms with van der Waals surface area (Å²) in [6, 6.07) is 77.1. The van der Waals surface area contributed by atoms with E-state index in [9.17, 15) is 0 Å². The van der Waals surface area contributed by atoms with Gasteiger partial charge in [-0.2, -0.15) is 0 Å². The number of rotatable bonds is 8. The molecule has 2 aromatic heterocycles. The lowest BCUT2D eigenvalue weighted by atomic mass is 9.81. The molecule has 3 heteroatoms. The molecule has 0 spiro atoms. The third kappa shape index (κ3) is 6.26. The van der Waals surface area contributed by atoms with Crippen molar-refractivity contribution in [3.05, 3.63) is 252 Å². The second-order valence-corrected chi connectivity index (χ2v) is 17.9. The number of para-hydroxylation sites is 3. The summed E-state index contributed by atoms with van der Waals surface area (Å²) in [4.78, 5) is 0. The molecule has 0 unspecified atom stereocenters. The molecule has 1 aliphatic rings. The first-order valence-electron chi connectivity index (χ1n) is 22.6. The van der Waals surface area contributed by atoms with E-state index in [0.717, 1.165) is 40.2 Å². The largest absolute Gasteiger partial charge is 0.398 e. The van der Waals surface area contributed by atoms with Crippen molar-refractivity contribution in [3.63, 3.8) is 0 Å². The summed E-state index contributed by atoms with van der Waals surface area (Å²) in [7, 11) is 0. The van der Waals surface area contributed by atoms with E-state index >= 15 is 0 Å². The van der Waals surface area contributed by atoms with Crippen molar-refractivity contribution >= 4 is 54.9 Å². The average molecular weight is 834 g/mol. The lowest BCUT2D eigenvalue weighted by Gasteiger charge is -2.23. The Hall–Kier alpha value is -8.14. The summed E-state index contributed by atoms with van der Waals surface area (Å²) in [5.74, 6) is 0. The Balaban J connectivity index is 1.08. The van der Waals surface area contributed by atoms with Crippen LogP contribution in [0.1, 0.15) is 41.7 Å². The maximum Gasteiger partial charge on any atom is 0.0628 e. The van der Waals surface area contributed by atoms with Gasteiger partial charge in [0.05, 0.1) is 22.1 Å². The Morgan fingerprint density at radius 2 is 1.11 bits per heavy atom. The predicted octanol–water partition coefficient (Wildman–Crippen LogP) is 15.5. The fourth-order valence-electron chi connectivity index (χ4n) is 10.6. The predicted molar refractivity (Wildman–Crippen MR) is 275 cm³/mol. The molecule has 12 rings (SSSR count). The van der Waals surface area contributed by atoms with Gasteiger partial charge in [-0.3, -0.25) is 0 Å². The molecule has 0 amide bonds. The Morgan fingerprint density at radius 3 is 1.88 bits per heavy atom. The summed E-state index contributed by atoms with van der Waals surface area (Å²) in [6.45, 7) is 4.79. The second kappa shape index (κ2) is 15.3. The van der Waals surface area contributed by atoms with Crippen molar-refractivity contribution in [2.45, 2.75) is 25.7 Å². The van der Waals surface area contributed by atoms with E-state index in [1.54, 1.807) is 0 Å². The van der Waals surface area contributed by atoms with Crippen LogP contribution in [0.15, 0.2) is 224 Å². The highest BCUT2D eigenvalue weighted by Crippen LogP contribution is 2.55. The van der Waals surface area contributed by atoms with E-state index in [0.29, 0.717) is 0 Å². The van der Waals surface area contributed by atoms with Crippen LogP contribution in [0, 0.1) is 0 Å². The molecule has 0 aliphatic heterocycles. The third-order valence-corrected chi connectivity index (χ3v) is 13.7. The van der Waals surface area contributed by atoms with E-state index in [4.69, 9.17) is 5.73 Å². The average Bonchev–Trinajstić information content (AvgIpc) is 3.96. The number of benzene rings is 9. The second-order valence-electron chi connectivity index (χ2n) is 17.9. The van der Waals surface area contributed by atoms with Crippen molar-refractivity contribution < 1.29 is 0 Å². The molecule has 0 radical (unpaired) electrons. The highest BCUT2D eigenvalue weighted by Gasteiger charge is 2.39. The number of aromatic nitrogens is 2. The Morgan fingerprint density at radius 1 is 0.492 bits per heavy atom. The summed E-state index contributed by atoms with van der Waals surface area (Å²) >= 11 is 0. The zero-order valence-electron chi connectivity index (χ0n) is 36.5. The van der Waals surface area contributed by atoms with Crippen LogP contribution >= 0.6 is 0 Å². The minimum Gasteiger partial charge on any atom is -0.398 e. The molecule has 3 nitrogen and oxygen atoms in total. The van der Waals surface area contributed by atoms with Crippen LogP contribution in [0.4, 0.5) is 0 Å². The van der Waals surface area contributed by atoms with Gasteiger partial charge in [-0.1, -0.05) is 178 Å². The first kappa shape index (κ1) is 38.5. The molecule has 0 fully saturated rings. The van der Waals surface area contributed by atoms with Gasteiger partial charge >= 0.3 is 0 Å². The highest BCUT2D eigenvalue weighted by molar-refractivity contribution is 6.22. The Bertz CT molecular complexity index is 3700. The molecule has 9 aromatic carbocycles. The van der Waals surface area contributed by atoms with Gasteiger partial charge in [0.2, 0.25) is 0 Å². The van der Waals surface area contributed by atoms with Gasteiger partial charge in [0.15, 0.2) is 0 Å². The standard InChI is InChI=1S/C62H47N3/c1-62(2)53-30-15-12-28-49(53)60-54(62)40-51(45-35-36-58-52(38-45)48-27-13-16-31-56(48)64(58)46-24-10-5-11-25-46)59-50-29-14-17-32-57(50)65(61(59)60)47-26-18-19-41(37-47)33-34-44(42-20-6-3-7-21-42)39-55(63)43-22-8-4-9-23-43/h3-32,34-40H,33,63H2,1-2H3/b44-34+,55-39-. The number of nitrogens with two attached hydrogens (primary N) is 1. The van der Waals surface area contributed by atoms with E-state index in [1.165, 1.54) is 82.6 Å². The van der Waals surface area contributed by atoms with Crippen molar-refractivity contribution in [1.82, 2.24) is 9.13 Å². The smallest absolute Gasteiger partial charge is 0.0628 e. The van der Waals surface area contributed by atoms with E-state index in [-0.39, 0.29) is 5.41 Å². The van der Waals surface area contributed by atoms with Crippen LogP contribution in [-0.4, -0.2) is 9.13 Å².